The minimum absolute atomic E-state index is 0.0516. The van der Waals surface area contributed by atoms with Gasteiger partial charge < -0.3 is 5.32 Å². The number of halogens is 3. The first-order valence-electron chi connectivity index (χ1n) is 11.3. The molecule has 3 heterocycles. The second-order valence-electron chi connectivity index (χ2n) is 8.55. The molecule has 0 saturated heterocycles. The number of hydrogen-bond donors (Lipinski definition) is 1. The number of hydrogen-bond acceptors (Lipinski definition) is 5. The first kappa shape index (κ1) is 23.6. The van der Waals surface area contributed by atoms with Crippen molar-refractivity contribution in [1.82, 2.24) is 19.9 Å². The molecule has 0 spiro atoms. The SMILES string of the molecule is Cn1c(N=C[C@@H]2Cc3ccccc3CN2)nc(-c2ccncc2)c(-c2cccc(C(F)(F)F)c2)c1=O. The van der Waals surface area contributed by atoms with Gasteiger partial charge in [0.1, 0.15) is 0 Å². The molecule has 1 atom stereocenters. The van der Waals surface area contributed by atoms with E-state index in [1.807, 2.05) is 12.1 Å². The van der Waals surface area contributed by atoms with Crippen LogP contribution in [-0.2, 0) is 26.2 Å². The first-order valence-corrected chi connectivity index (χ1v) is 11.3. The lowest BCUT2D eigenvalue weighted by Gasteiger charge is -2.23. The van der Waals surface area contributed by atoms with Crippen molar-refractivity contribution in [2.45, 2.75) is 25.2 Å². The second-order valence-corrected chi connectivity index (χ2v) is 8.55. The lowest BCUT2D eigenvalue weighted by molar-refractivity contribution is -0.137. The van der Waals surface area contributed by atoms with Crippen LogP contribution < -0.4 is 10.9 Å². The van der Waals surface area contributed by atoms with Gasteiger partial charge in [0.2, 0.25) is 5.95 Å². The van der Waals surface area contributed by atoms with Crippen LogP contribution in [0, 0.1) is 0 Å². The Kier molecular flexibility index (Phi) is 6.24. The summed E-state index contributed by atoms with van der Waals surface area (Å²) >= 11 is 0. The Hall–Kier alpha value is -4.11. The highest BCUT2D eigenvalue weighted by molar-refractivity contribution is 5.81. The molecule has 5 rings (SSSR count). The average molecular weight is 490 g/mol. The summed E-state index contributed by atoms with van der Waals surface area (Å²) in [5, 5.41) is 3.40. The van der Waals surface area contributed by atoms with Gasteiger partial charge in [0, 0.05) is 43.8 Å². The second kappa shape index (κ2) is 9.50. The molecule has 0 amide bonds. The fraction of sp³-hybridized carbons (Fsp3) is 0.185. The average Bonchev–Trinajstić information content (AvgIpc) is 2.89. The smallest absolute Gasteiger partial charge is 0.305 e. The number of aromatic nitrogens is 3. The molecule has 0 saturated carbocycles. The van der Waals surface area contributed by atoms with Crippen molar-refractivity contribution in [3.8, 4) is 22.4 Å². The number of pyridine rings is 1. The third-order valence-electron chi connectivity index (χ3n) is 6.18. The van der Waals surface area contributed by atoms with Crippen molar-refractivity contribution < 1.29 is 13.2 Å². The van der Waals surface area contributed by atoms with E-state index in [4.69, 9.17) is 0 Å². The molecule has 0 radical (unpaired) electrons. The number of rotatable bonds is 4. The summed E-state index contributed by atoms with van der Waals surface area (Å²) in [5.41, 5.74) is 2.12. The van der Waals surface area contributed by atoms with Crippen LogP contribution in [0.25, 0.3) is 22.4 Å². The lowest BCUT2D eigenvalue weighted by atomic mass is 9.96. The van der Waals surface area contributed by atoms with Crippen molar-refractivity contribution >= 4 is 12.2 Å². The number of alkyl halides is 3. The number of aliphatic imine (C=N–C) groups is 1. The van der Waals surface area contributed by atoms with Gasteiger partial charge in [0.15, 0.2) is 0 Å². The topological polar surface area (TPSA) is 72.2 Å². The van der Waals surface area contributed by atoms with Crippen LogP contribution in [-0.4, -0.2) is 26.8 Å². The Balaban J connectivity index is 1.59. The van der Waals surface area contributed by atoms with Crippen molar-refractivity contribution in [1.29, 1.82) is 0 Å². The van der Waals surface area contributed by atoms with E-state index in [0.29, 0.717) is 12.1 Å². The highest BCUT2D eigenvalue weighted by atomic mass is 19.4. The Bertz CT molecular complexity index is 1500. The van der Waals surface area contributed by atoms with E-state index < -0.39 is 17.3 Å². The van der Waals surface area contributed by atoms with Gasteiger partial charge in [-0.2, -0.15) is 13.2 Å². The Morgan fingerprint density at radius 1 is 1.03 bits per heavy atom. The van der Waals surface area contributed by atoms with Crippen LogP contribution >= 0.6 is 0 Å². The van der Waals surface area contributed by atoms with Gasteiger partial charge in [0.05, 0.1) is 16.8 Å². The molecule has 1 aliphatic heterocycles. The molecule has 0 bridgehead atoms. The van der Waals surface area contributed by atoms with Crippen LogP contribution in [0.3, 0.4) is 0 Å². The van der Waals surface area contributed by atoms with Gasteiger partial charge in [0.25, 0.3) is 5.56 Å². The summed E-state index contributed by atoms with van der Waals surface area (Å²) in [6.45, 7) is 0.704. The van der Waals surface area contributed by atoms with E-state index in [2.05, 4.69) is 32.4 Å². The van der Waals surface area contributed by atoms with E-state index >= 15 is 0 Å². The van der Waals surface area contributed by atoms with Crippen molar-refractivity contribution in [2.24, 2.45) is 12.0 Å². The van der Waals surface area contributed by atoms with Crippen LogP contribution in [0.1, 0.15) is 16.7 Å². The zero-order valence-corrected chi connectivity index (χ0v) is 19.3. The third-order valence-corrected chi connectivity index (χ3v) is 6.18. The van der Waals surface area contributed by atoms with Crippen LogP contribution in [0.4, 0.5) is 19.1 Å². The Labute approximate surface area is 205 Å². The highest BCUT2D eigenvalue weighted by Crippen LogP contribution is 2.34. The van der Waals surface area contributed by atoms with E-state index in [-0.39, 0.29) is 28.8 Å². The van der Waals surface area contributed by atoms with Gasteiger partial charge in [-0.25, -0.2) is 9.98 Å². The van der Waals surface area contributed by atoms with Crippen LogP contribution in [0.5, 0.6) is 0 Å². The molecule has 182 valence electrons. The van der Waals surface area contributed by atoms with Gasteiger partial charge in [-0.1, -0.05) is 36.4 Å². The molecule has 0 unspecified atom stereocenters. The number of nitrogens with zero attached hydrogens (tertiary/aromatic N) is 4. The van der Waals surface area contributed by atoms with Gasteiger partial charge in [-0.05, 0) is 47.4 Å². The quantitative estimate of drug-likeness (QED) is 0.412. The Morgan fingerprint density at radius 2 is 1.78 bits per heavy atom. The van der Waals surface area contributed by atoms with Crippen molar-refractivity contribution in [3.05, 3.63) is 100 Å². The summed E-state index contributed by atoms with van der Waals surface area (Å²) in [7, 11) is 1.51. The first-order chi connectivity index (χ1) is 17.3. The number of benzene rings is 2. The third kappa shape index (κ3) is 4.70. The zero-order valence-electron chi connectivity index (χ0n) is 19.3. The lowest BCUT2D eigenvalue weighted by Crippen LogP contribution is -2.36. The molecule has 2 aromatic carbocycles. The van der Waals surface area contributed by atoms with E-state index in [9.17, 15) is 18.0 Å². The van der Waals surface area contributed by atoms with Crippen LogP contribution in [0.2, 0.25) is 0 Å². The molecule has 0 fully saturated rings. The van der Waals surface area contributed by atoms with Gasteiger partial charge in [-0.15, -0.1) is 0 Å². The molecule has 6 nitrogen and oxygen atoms in total. The summed E-state index contributed by atoms with van der Waals surface area (Å²) in [4.78, 5) is 26.6. The minimum Gasteiger partial charge on any atom is -0.305 e. The molecule has 9 heteroatoms. The summed E-state index contributed by atoms with van der Waals surface area (Å²) in [5.74, 6) is 0.156. The number of nitrogens with one attached hydrogen (secondary N) is 1. The van der Waals surface area contributed by atoms with Crippen LogP contribution in [0.15, 0.2) is 82.8 Å². The standard InChI is InChI=1S/C27H22F3N5O/c1-35-25(36)23(19-7-4-8-21(13-19)27(28,29)30)24(17-9-11-31-12-10-17)34-26(35)33-16-22-14-18-5-2-3-6-20(18)15-32-22/h2-13,16,22,32H,14-15H2,1H3/t22-/m0/s1. The molecule has 1 N–H and O–H groups in total. The monoisotopic (exact) mass is 489 g/mol. The Morgan fingerprint density at radius 3 is 2.53 bits per heavy atom. The van der Waals surface area contributed by atoms with E-state index in [1.165, 1.54) is 47.3 Å². The molecule has 1 aliphatic rings. The van der Waals surface area contributed by atoms with Gasteiger partial charge in [-0.3, -0.25) is 14.3 Å². The molecule has 0 aliphatic carbocycles. The fourth-order valence-electron chi connectivity index (χ4n) is 4.28. The summed E-state index contributed by atoms with van der Waals surface area (Å²) in [6, 6.07) is 16.1. The predicted molar refractivity (Wildman–Crippen MR) is 132 cm³/mol. The van der Waals surface area contributed by atoms with E-state index in [1.54, 1.807) is 18.3 Å². The minimum atomic E-state index is -4.54. The maximum absolute atomic E-state index is 13.5. The maximum Gasteiger partial charge on any atom is 0.416 e. The molecule has 36 heavy (non-hydrogen) atoms. The zero-order chi connectivity index (χ0) is 25.3. The summed E-state index contributed by atoms with van der Waals surface area (Å²) < 4.78 is 41.4. The maximum atomic E-state index is 13.5. The van der Waals surface area contributed by atoms with Gasteiger partial charge >= 0.3 is 6.18 Å². The predicted octanol–water partition coefficient (Wildman–Crippen LogP) is 4.94. The highest BCUT2D eigenvalue weighted by Gasteiger charge is 2.31. The molecule has 2 aromatic heterocycles. The molecule has 4 aromatic rings. The number of fused-ring (bicyclic) bond motifs is 1. The summed E-state index contributed by atoms with van der Waals surface area (Å²) in [6.07, 6.45) is 1.000. The molecular weight excluding hydrogens is 467 g/mol. The van der Waals surface area contributed by atoms with Crippen molar-refractivity contribution in [3.63, 3.8) is 0 Å². The van der Waals surface area contributed by atoms with Crippen molar-refractivity contribution in [2.75, 3.05) is 0 Å². The normalized spacial score (nSPS) is 15.7. The molecular formula is C27H22F3N5O. The fourth-order valence-corrected chi connectivity index (χ4v) is 4.28. The largest absolute Gasteiger partial charge is 0.416 e. The van der Waals surface area contributed by atoms with E-state index in [0.717, 1.165) is 18.6 Å².